The first-order valence-corrected chi connectivity index (χ1v) is 9.86. The third-order valence-electron chi connectivity index (χ3n) is 5.03. The second kappa shape index (κ2) is 9.41. The molecule has 31 heavy (non-hydrogen) atoms. The van der Waals surface area contributed by atoms with Crippen LogP contribution < -0.4 is 10.9 Å². The predicted molar refractivity (Wildman–Crippen MR) is 107 cm³/mol. The number of hydrogen-bond donors (Lipinski definition) is 3. The topological polar surface area (TPSA) is 148 Å². The number of nitrogens with one attached hydrogen (secondary N) is 2. The van der Waals surface area contributed by atoms with Crippen LogP contribution in [0, 0.1) is 0 Å². The lowest BCUT2D eigenvalue weighted by molar-refractivity contribution is -0.121. The maximum Gasteiger partial charge on any atom is 0.408 e. The molecule has 0 saturated heterocycles. The van der Waals surface area contributed by atoms with Crippen LogP contribution in [0.1, 0.15) is 54.5 Å². The third-order valence-corrected chi connectivity index (χ3v) is 5.03. The number of nitrogens with zero attached hydrogens (tertiary/aromatic N) is 1. The van der Waals surface area contributed by atoms with Crippen molar-refractivity contribution in [3.05, 3.63) is 57.8 Å². The Morgan fingerprint density at radius 3 is 2.48 bits per heavy atom. The fourth-order valence-corrected chi connectivity index (χ4v) is 3.37. The molecule has 0 unspecified atom stereocenters. The van der Waals surface area contributed by atoms with Gasteiger partial charge in [0.1, 0.15) is 23.8 Å². The molecule has 1 aromatic carbocycles. The molecular formula is C21H23N3O7. The zero-order valence-corrected chi connectivity index (χ0v) is 17.0. The molecule has 0 radical (unpaired) electrons. The quantitative estimate of drug-likeness (QED) is 0.590. The van der Waals surface area contributed by atoms with Crippen LogP contribution in [0.25, 0.3) is 0 Å². The van der Waals surface area contributed by atoms with Gasteiger partial charge < -0.3 is 24.9 Å². The van der Waals surface area contributed by atoms with Crippen LogP contribution in [0.3, 0.4) is 0 Å². The van der Waals surface area contributed by atoms with Crippen molar-refractivity contribution in [2.45, 2.75) is 44.8 Å². The maximum atomic E-state index is 12.5. The van der Waals surface area contributed by atoms with Crippen molar-refractivity contribution < 1.29 is 29.0 Å². The number of amides is 1. The number of esters is 1. The fourth-order valence-electron chi connectivity index (χ4n) is 3.37. The number of aromatic nitrogens is 2. The van der Waals surface area contributed by atoms with Crippen LogP contribution >= 0.6 is 0 Å². The molecule has 1 aromatic heterocycles. The Kier molecular flexibility index (Phi) is 6.68. The number of hydrogen-bond acceptors (Lipinski definition) is 8. The number of ketones is 1. The van der Waals surface area contributed by atoms with Crippen molar-refractivity contribution in [1.82, 2.24) is 15.3 Å². The number of ether oxygens (including phenoxy) is 2. The molecule has 0 bridgehead atoms. The highest BCUT2D eigenvalue weighted by molar-refractivity contribution is 5.90. The minimum Gasteiger partial charge on any atom is -0.501 e. The summed E-state index contributed by atoms with van der Waals surface area (Å²) in [6, 6.07) is 9.06. The summed E-state index contributed by atoms with van der Waals surface area (Å²) >= 11 is 0. The van der Waals surface area contributed by atoms with E-state index in [-0.39, 0.29) is 50.5 Å². The molecule has 1 aliphatic rings. The van der Waals surface area contributed by atoms with E-state index in [9.17, 15) is 24.3 Å². The van der Waals surface area contributed by atoms with E-state index in [0.29, 0.717) is 0 Å². The molecule has 1 fully saturated rings. The molecule has 2 aromatic rings. The summed E-state index contributed by atoms with van der Waals surface area (Å²) in [5, 5.41) is 12.7. The number of aromatic amines is 1. The number of H-pyrrole nitrogens is 1. The van der Waals surface area contributed by atoms with Crippen LogP contribution in [-0.4, -0.2) is 39.5 Å². The summed E-state index contributed by atoms with van der Waals surface area (Å²) in [4.78, 5) is 55.2. The lowest BCUT2D eigenvalue weighted by Gasteiger charge is -2.36. The summed E-state index contributed by atoms with van der Waals surface area (Å²) in [5.74, 6) is -1.90. The number of benzene rings is 1. The molecule has 164 valence electrons. The predicted octanol–water partition coefficient (Wildman–Crippen LogP) is 1.92. The van der Waals surface area contributed by atoms with E-state index in [1.165, 1.54) is 0 Å². The molecule has 0 spiro atoms. The van der Waals surface area contributed by atoms with Gasteiger partial charge in [0.25, 0.3) is 5.56 Å². The van der Waals surface area contributed by atoms with E-state index in [0.717, 1.165) is 5.56 Å². The molecule has 1 amide bonds. The highest BCUT2D eigenvalue weighted by Gasteiger charge is 2.41. The molecule has 0 atom stereocenters. The SMILES string of the molecule is CCOC(=O)c1nc(C2(NC(=O)OCc3ccccc3)CCC(=O)CC2)[nH]c(=O)c1O. The summed E-state index contributed by atoms with van der Waals surface area (Å²) in [7, 11) is 0. The van der Waals surface area contributed by atoms with Crippen molar-refractivity contribution in [3.63, 3.8) is 0 Å². The Balaban J connectivity index is 1.90. The highest BCUT2D eigenvalue weighted by atomic mass is 16.5. The molecule has 1 saturated carbocycles. The van der Waals surface area contributed by atoms with Gasteiger partial charge in [-0.1, -0.05) is 30.3 Å². The van der Waals surface area contributed by atoms with Crippen molar-refractivity contribution in [3.8, 4) is 5.75 Å². The molecule has 3 N–H and O–H groups in total. The Bertz CT molecular complexity index is 1020. The first-order valence-electron chi connectivity index (χ1n) is 9.86. The average molecular weight is 429 g/mol. The Labute approximate surface area is 177 Å². The van der Waals surface area contributed by atoms with Gasteiger partial charge in [-0.15, -0.1) is 0 Å². The van der Waals surface area contributed by atoms with Crippen LogP contribution in [-0.2, 0) is 26.4 Å². The highest BCUT2D eigenvalue weighted by Crippen LogP contribution is 2.34. The lowest BCUT2D eigenvalue weighted by atomic mass is 9.80. The summed E-state index contributed by atoms with van der Waals surface area (Å²) in [5.41, 5.74) is -1.98. The second-order valence-electron chi connectivity index (χ2n) is 7.14. The van der Waals surface area contributed by atoms with E-state index < -0.39 is 34.6 Å². The van der Waals surface area contributed by atoms with E-state index in [2.05, 4.69) is 15.3 Å². The maximum absolute atomic E-state index is 12.5. The smallest absolute Gasteiger partial charge is 0.408 e. The first-order chi connectivity index (χ1) is 14.8. The molecule has 10 nitrogen and oxygen atoms in total. The zero-order valence-electron chi connectivity index (χ0n) is 17.0. The van der Waals surface area contributed by atoms with Gasteiger partial charge in [0.2, 0.25) is 5.75 Å². The molecule has 0 aliphatic heterocycles. The van der Waals surface area contributed by atoms with E-state index in [4.69, 9.17) is 9.47 Å². The van der Waals surface area contributed by atoms with E-state index in [1.54, 1.807) is 19.1 Å². The summed E-state index contributed by atoms with van der Waals surface area (Å²) in [6.07, 6.45) is -0.215. The van der Waals surface area contributed by atoms with Gasteiger partial charge in [0.15, 0.2) is 5.69 Å². The van der Waals surface area contributed by atoms with Crippen molar-refractivity contribution in [1.29, 1.82) is 0 Å². The first kappa shape index (κ1) is 22.0. The monoisotopic (exact) mass is 429 g/mol. The van der Waals surface area contributed by atoms with E-state index in [1.807, 2.05) is 18.2 Å². The van der Waals surface area contributed by atoms with Crippen LogP contribution in [0.5, 0.6) is 5.75 Å². The van der Waals surface area contributed by atoms with Gasteiger partial charge >= 0.3 is 12.1 Å². The minimum atomic E-state index is -1.25. The van der Waals surface area contributed by atoms with E-state index >= 15 is 0 Å². The minimum absolute atomic E-state index is 0.00168. The Morgan fingerprint density at radius 2 is 1.84 bits per heavy atom. The fraction of sp³-hybridized carbons (Fsp3) is 0.381. The number of rotatable bonds is 6. The number of aromatic hydroxyl groups is 1. The number of Topliss-reactive ketones (excluding diaryl/α,β-unsaturated/α-hetero) is 1. The molecule has 1 heterocycles. The van der Waals surface area contributed by atoms with Gasteiger partial charge in [-0.3, -0.25) is 9.59 Å². The summed E-state index contributed by atoms with van der Waals surface area (Å²) < 4.78 is 10.1. The van der Waals surface area contributed by atoms with Crippen molar-refractivity contribution in [2.24, 2.45) is 0 Å². The van der Waals surface area contributed by atoms with Gasteiger partial charge in [0, 0.05) is 12.8 Å². The molecule has 3 rings (SSSR count). The normalized spacial score (nSPS) is 15.2. The molecular weight excluding hydrogens is 406 g/mol. The summed E-state index contributed by atoms with van der Waals surface area (Å²) in [6.45, 7) is 1.61. The molecule has 1 aliphatic carbocycles. The van der Waals surface area contributed by atoms with Crippen molar-refractivity contribution in [2.75, 3.05) is 6.61 Å². The Hall–Kier alpha value is -3.69. The molecule has 10 heteroatoms. The van der Waals surface area contributed by atoms with Gasteiger partial charge in [-0.2, -0.15) is 0 Å². The average Bonchev–Trinajstić information content (AvgIpc) is 2.76. The number of alkyl carbamates (subject to hydrolysis) is 1. The lowest BCUT2D eigenvalue weighted by Crippen LogP contribution is -2.50. The Morgan fingerprint density at radius 1 is 1.16 bits per heavy atom. The van der Waals surface area contributed by atoms with Crippen molar-refractivity contribution >= 4 is 17.8 Å². The van der Waals surface area contributed by atoms with Crippen LogP contribution in [0.4, 0.5) is 4.79 Å². The number of carbonyl (C=O) groups excluding carboxylic acids is 3. The largest absolute Gasteiger partial charge is 0.501 e. The van der Waals surface area contributed by atoms with Gasteiger partial charge in [0.05, 0.1) is 6.61 Å². The zero-order chi connectivity index (χ0) is 22.4. The standard InChI is InChI=1S/C21H23N3O7/c1-2-30-18(28)15-16(26)17(27)23-19(22-15)21(10-8-14(25)9-11-21)24-20(29)31-12-13-6-4-3-5-7-13/h3-7,26H,2,8-12H2,1H3,(H,24,29)(H,22,23,27). The third kappa shape index (κ3) is 5.08. The van der Waals surface area contributed by atoms with Crippen LogP contribution in [0.2, 0.25) is 0 Å². The number of carbonyl (C=O) groups is 3. The second-order valence-corrected chi connectivity index (χ2v) is 7.14. The van der Waals surface area contributed by atoms with Crippen LogP contribution in [0.15, 0.2) is 35.1 Å². The van der Waals surface area contributed by atoms with Gasteiger partial charge in [-0.25, -0.2) is 14.6 Å². The van der Waals surface area contributed by atoms with Gasteiger partial charge in [-0.05, 0) is 25.3 Å².